The lowest BCUT2D eigenvalue weighted by Gasteiger charge is -2.27. The predicted octanol–water partition coefficient (Wildman–Crippen LogP) is -3.21. The van der Waals surface area contributed by atoms with E-state index in [4.69, 9.17) is 17.2 Å². The number of hydrogen-bond acceptors (Lipinski definition) is 14. The monoisotopic (exact) mass is 1100 g/mol. The molecule has 17 N–H and O–H groups in total. The number of benzene rings is 1. The Hall–Kier alpha value is -8.04. The molecule has 3 aromatic rings. The van der Waals surface area contributed by atoms with E-state index in [1.54, 1.807) is 44.3 Å². The molecule has 1 aromatic carbocycles. The number of thioether (sulfide) groups is 1. The number of H-pyrrole nitrogens is 2. The van der Waals surface area contributed by atoms with Crippen molar-refractivity contribution < 1.29 is 57.5 Å². The minimum atomic E-state index is -1.54. The normalized spacial score (nSPS) is 14.2. The van der Waals surface area contributed by atoms with Gasteiger partial charge in [-0.15, -0.1) is 0 Å². The molecule has 0 saturated heterocycles. The molecule has 77 heavy (non-hydrogen) atoms. The third-order valence-corrected chi connectivity index (χ3v) is 12.5. The molecule has 3 rings (SSSR count). The number of fused-ring (bicyclic) bond motifs is 1. The van der Waals surface area contributed by atoms with Gasteiger partial charge in [-0.2, -0.15) is 11.8 Å². The number of aromatic nitrogens is 3. The molecule has 2 aromatic heterocycles. The number of primary amides is 3. The molecule has 422 valence electrons. The number of hydrogen-bond donors (Lipinski definition) is 14. The summed E-state index contributed by atoms with van der Waals surface area (Å²) in [6.07, 6.45) is 5.01. The highest BCUT2D eigenvalue weighted by Gasteiger charge is 2.34. The number of amides is 12. The molecule has 0 unspecified atom stereocenters. The van der Waals surface area contributed by atoms with Crippen LogP contribution in [-0.2, 0) is 70.4 Å². The van der Waals surface area contributed by atoms with Crippen LogP contribution >= 0.6 is 11.8 Å². The lowest BCUT2D eigenvalue weighted by Crippen LogP contribution is -2.60. The molecule has 0 aliphatic carbocycles. The predicted molar refractivity (Wildman–Crippen MR) is 283 cm³/mol. The molecule has 0 bridgehead atoms. The van der Waals surface area contributed by atoms with E-state index in [-0.39, 0.29) is 38.0 Å². The van der Waals surface area contributed by atoms with E-state index in [2.05, 4.69) is 62.8 Å². The Morgan fingerprint density at radius 2 is 1.22 bits per heavy atom. The van der Waals surface area contributed by atoms with Crippen molar-refractivity contribution in [2.75, 3.05) is 18.6 Å². The van der Waals surface area contributed by atoms with Crippen LogP contribution in [0.25, 0.3) is 10.9 Å². The Morgan fingerprint density at radius 3 is 1.82 bits per heavy atom. The van der Waals surface area contributed by atoms with Crippen molar-refractivity contribution in [1.29, 1.82) is 0 Å². The smallest absolute Gasteiger partial charge is 0.243 e. The van der Waals surface area contributed by atoms with Crippen LogP contribution in [0.15, 0.2) is 43.0 Å². The molecule has 0 aliphatic rings. The van der Waals surface area contributed by atoms with Gasteiger partial charge in [0.05, 0.1) is 19.3 Å². The minimum Gasteiger partial charge on any atom is -0.370 e. The maximum absolute atomic E-state index is 14.2. The highest BCUT2D eigenvalue weighted by atomic mass is 32.2. The van der Waals surface area contributed by atoms with E-state index in [0.29, 0.717) is 27.9 Å². The van der Waals surface area contributed by atoms with Crippen LogP contribution in [-0.4, -0.2) is 153 Å². The van der Waals surface area contributed by atoms with Gasteiger partial charge in [0.1, 0.15) is 48.3 Å². The number of carbonyl (C=O) groups is 12. The molecule has 28 heteroatoms. The number of para-hydroxylation sites is 1. The molecule has 27 nitrogen and oxygen atoms in total. The quantitative estimate of drug-likeness (QED) is 0.0286. The molecule has 0 aliphatic heterocycles. The van der Waals surface area contributed by atoms with E-state index in [1.807, 2.05) is 20.1 Å². The maximum Gasteiger partial charge on any atom is 0.243 e. The highest BCUT2D eigenvalue weighted by Crippen LogP contribution is 2.20. The summed E-state index contributed by atoms with van der Waals surface area (Å²) in [5.41, 5.74) is 17.9. The molecular formula is C49H73N15O12S. The van der Waals surface area contributed by atoms with E-state index in [1.165, 1.54) is 31.2 Å². The van der Waals surface area contributed by atoms with Gasteiger partial charge in [0.2, 0.25) is 70.9 Å². The average Bonchev–Trinajstić information content (AvgIpc) is 4.03. The van der Waals surface area contributed by atoms with Crippen LogP contribution in [0.3, 0.4) is 0 Å². The fourth-order valence-corrected chi connectivity index (χ4v) is 8.27. The summed E-state index contributed by atoms with van der Waals surface area (Å²) in [6.45, 7) is 8.63. The van der Waals surface area contributed by atoms with Crippen molar-refractivity contribution in [2.45, 2.75) is 135 Å². The van der Waals surface area contributed by atoms with Crippen molar-refractivity contribution >= 4 is 93.6 Å². The van der Waals surface area contributed by atoms with Gasteiger partial charge < -0.3 is 75.0 Å². The Morgan fingerprint density at radius 1 is 0.623 bits per heavy atom. The van der Waals surface area contributed by atoms with Gasteiger partial charge in [-0.1, -0.05) is 45.9 Å². The molecule has 0 saturated carbocycles. The van der Waals surface area contributed by atoms with Crippen molar-refractivity contribution in [2.24, 2.45) is 29.0 Å². The molecule has 12 amide bonds. The standard InChI is InChI=1S/C49H73N15O12S/c1-24(2)16-34(46(73)60-32(42(52)69)14-15-77-7)62-47(74)36(18-29-21-53-23-56-29)59-40(68)22-55-49(76)41(25(3)4)64-43(70)26(5)57-45(72)35(17-28-20-54-31-11-9-8-10-30(28)31)63-44(71)33(12-13-38(50)66)61-48(75)37(19-39(51)67)58-27(6)65/h8-11,20-21,23-26,32-37,41,54H,12-19,22H2,1-7H3,(H2,50,66)(H2,51,67)(H2,52,69)(H,53,56)(H,55,76)(H,57,72)(H,58,65)(H,59,68)(H,60,73)(H,61,75)(H,62,74)(H,63,71)(H,64,70)/t26-,32-,33-,34-,35-,36-,37-,41-/m0/s1. The summed E-state index contributed by atoms with van der Waals surface area (Å²) in [7, 11) is 0. The zero-order valence-corrected chi connectivity index (χ0v) is 45.0. The summed E-state index contributed by atoms with van der Waals surface area (Å²) in [5.74, 6) is -10.1. The van der Waals surface area contributed by atoms with Gasteiger partial charge in [-0.3, -0.25) is 57.5 Å². The van der Waals surface area contributed by atoms with Gasteiger partial charge in [0.15, 0.2) is 0 Å². The summed E-state index contributed by atoms with van der Waals surface area (Å²) >= 11 is 1.46. The second kappa shape index (κ2) is 31.1. The van der Waals surface area contributed by atoms with E-state index in [0.717, 1.165) is 6.92 Å². The van der Waals surface area contributed by atoms with Crippen LogP contribution in [0.4, 0.5) is 0 Å². The Balaban J connectivity index is 1.78. The Kier molecular flexibility index (Phi) is 25.6. The van der Waals surface area contributed by atoms with Crippen molar-refractivity contribution in [3.05, 3.63) is 54.2 Å². The van der Waals surface area contributed by atoms with Crippen molar-refractivity contribution in [3.8, 4) is 0 Å². The molecule has 0 fully saturated rings. The zero-order chi connectivity index (χ0) is 57.5. The molecule has 0 radical (unpaired) electrons. The van der Waals surface area contributed by atoms with Crippen LogP contribution in [0.2, 0.25) is 0 Å². The topological polar surface area (TPSA) is 436 Å². The number of aromatic amines is 2. The lowest BCUT2D eigenvalue weighted by atomic mass is 10.0. The maximum atomic E-state index is 14.2. The SMILES string of the molecule is CSCC[C@H](NC(=O)[C@H](CC(C)C)NC(=O)[C@H](Cc1cnc[nH]1)NC(=O)CNC(=O)[C@@H](NC(=O)[C@H](C)NC(=O)[C@H](Cc1c[nH]c2ccccc12)NC(=O)[C@H](CCC(N)=O)NC(=O)[C@H](CC(N)=O)NC(C)=O)C(C)C)C(N)=O. The first-order chi connectivity index (χ1) is 36.3. The summed E-state index contributed by atoms with van der Waals surface area (Å²) in [6, 6.07) is -3.43. The number of carbonyl (C=O) groups excluding carboxylic acids is 12. The van der Waals surface area contributed by atoms with Crippen LogP contribution < -0.4 is 65.1 Å². The Labute approximate surface area is 449 Å². The van der Waals surface area contributed by atoms with E-state index >= 15 is 0 Å². The summed E-state index contributed by atoms with van der Waals surface area (Å²) in [4.78, 5) is 167. The summed E-state index contributed by atoms with van der Waals surface area (Å²) in [5, 5.41) is 23.4. The Bertz CT molecular complexity index is 2560. The first-order valence-electron chi connectivity index (χ1n) is 24.8. The summed E-state index contributed by atoms with van der Waals surface area (Å²) < 4.78 is 0. The van der Waals surface area contributed by atoms with Crippen LogP contribution in [0.5, 0.6) is 0 Å². The zero-order valence-electron chi connectivity index (χ0n) is 44.2. The van der Waals surface area contributed by atoms with Gasteiger partial charge in [-0.25, -0.2) is 4.98 Å². The van der Waals surface area contributed by atoms with Gasteiger partial charge in [0.25, 0.3) is 0 Å². The molecule has 2 heterocycles. The van der Waals surface area contributed by atoms with E-state index < -0.39 is 145 Å². The van der Waals surface area contributed by atoms with Gasteiger partial charge in [0, 0.05) is 55.2 Å². The molecular weight excluding hydrogens is 1020 g/mol. The van der Waals surface area contributed by atoms with Gasteiger partial charge in [-0.05, 0) is 61.7 Å². The fraction of sp³-hybridized carbons (Fsp3) is 0.531. The number of rotatable bonds is 33. The number of imidazole rings is 1. The average molecular weight is 1100 g/mol. The largest absolute Gasteiger partial charge is 0.370 e. The number of nitrogens with two attached hydrogens (primary N) is 3. The third-order valence-electron chi connectivity index (χ3n) is 11.8. The first-order valence-corrected chi connectivity index (χ1v) is 26.2. The molecule has 8 atom stereocenters. The highest BCUT2D eigenvalue weighted by molar-refractivity contribution is 7.98. The van der Waals surface area contributed by atoms with Crippen molar-refractivity contribution in [1.82, 2.24) is 62.8 Å². The minimum absolute atomic E-state index is 0.0904. The second-order valence-corrected chi connectivity index (χ2v) is 20.1. The van der Waals surface area contributed by atoms with Crippen LogP contribution in [0.1, 0.15) is 84.9 Å². The van der Waals surface area contributed by atoms with Crippen LogP contribution in [0, 0.1) is 11.8 Å². The van der Waals surface area contributed by atoms with Crippen molar-refractivity contribution in [3.63, 3.8) is 0 Å². The third kappa shape index (κ3) is 21.6. The molecule has 0 spiro atoms. The fourth-order valence-electron chi connectivity index (χ4n) is 7.80. The second-order valence-electron chi connectivity index (χ2n) is 19.1. The number of nitrogens with one attached hydrogen (secondary N) is 11. The number of nitrogens with zero attached hydrogens (tertiary/aromatic N) is 1. The first kappa shape index (κ1) is 63.3. The lowest BCUT2D eigenvalue weighted by molar-refractivity contribution is -0.136. The van der Waals surface area contributed by atoms with E-state index in [9.17, 15) is 57.5 Å². The van der Waals surface area contributed by atoms with Gasteiger partial charge >= 0.3 is 0 Å².